The van der Waals surface area contributed by atoms with E-state index in [1.807, 2.05) is 0 Å². The summed E-state index contributed by atoms with van der Waals surface area (Å²) < 4.78 is 0. The van der Waals surface area contributed by atoms with E-state index in [0.29, 0.717) is 21.8 Å². The molecule has 0 saturated carbocycles. The van der Waals surface area contributed by atoms with Crippen molar-refractivity contribution in [3.8, 4) is 0 Å². The summed E-state index contributed by atoms with van der Waals surface area (Å²) in [6.45, 7) is 4.23. The van der Waals surface area contributed by atoms with E-state index in [1.54, 1.807) is 24.3 Å². The van der Waals surface area contributed by atoms with Gasteiger partial charge in [0, 0.05) is 23.8 Å². The molecule has 2 amide bonds. The van der Waals surface area contributed by atoms with Crippen molar-refractivity contribution in [1.29, 1.82) is 0 Å². The molecule has 1 aliphatic heterocycles. The van der Waals surface area contributed by atoms with Gasteiger partial charge in [-0.1, -0.05) is 29.9 Å². The summed E-state index contributed by atoms with van der Waals surface area (Å²) in [5, 5.41) is 15.6. The minimum atomic E-state index is -0.345. The molecule has 6 nitrogen and oxygen atoms in total. The van der Waals surface area contributed by atoms with E-state index >= 15 is 0 Å². The zero-order chi connectivity index (χ0) is 16.2. The zero-order valence-electron chi connectivity index (χ0n) is 12.8. The van der Waals surface area contributed by atoms with Crippen molar-refractivity contribution in [1.82, 2.24) is 10.2 Å². The monoisotopic (exact) mass is 351 g/mol. The molecule has 122 valence electrons. The second kappa shape index (κ2) is 7.14. The van der Waals surface area contributed by atoms with E-state index in [1.165, 1.54) is 24.2 Å². The van der Waals surface area contributed by atoms with Crippen LogP contribution in [0.5, 0.6) is 0 Å². The van der Waals surface area contributed by atoms with Crippen LogP contribution in [0.25, 0.3) is 0 Å². The average Bonchev–Trinajstić information content (AvgIpc) is 2.98. The molecule has 2 aromatic rings. The van der Waals surface area contributed by atoms with Gasteiger partial charge in [-0.3, -0.25) is 5.32 Å². The highest BCUT2D eigenvalue weighted by molar-refractivity contribution is 7.19. The van der Waals surface area contributed by atoms with Crippen molar-refractivity contribution >= 4 is 44.9 Å². The fraction of sp³-hybridized carbons (Fsp3) is 0.400. The molecule has 0 spiro atoms. The number of hydrogen-bond donors (Lipinski definition) is 2. The lowest BCUT2D eigenvalue weighted by atomic mass is 10.0. The highest BCUT2D eigenvalue weighted by Crippen LogP contribution is 2.28. The minimum Gasteiger partial charge on any atom is -0.346 e. The number of carbonyl (C=O) groups excluding carboxylic acids is 1. The van der Waals surface area contributed by atoms with Crippen molar-refractivity contribution in [3.05, 3.63) is 29.3 Å². The minimum absolute atomic E-state index is 0.345. The highest BCUT2D eigenvalue weighted by atomic mass is 35.5. The number of amides is 2. The van der Waals surface area contributed by atoms with Crippen LogP contribution >= 0.6 is 22.9 Å². The van der Waals surface area contributed by atoms with E-state index in [9.17, 15) is 4.79 Å². The van der Waals surface area contributed by atoms with E-state index in [0.717, 1.165) is 18.2 Å². The first-order valence-electron chi connectivity index (χ1n) is 7.52. The van der Waals surface area contributed by atoms with Crippen LogP contribution in [0, 0.1) is 5.92 Å². The maximum absolute atomic E-state index is 12.0. The summed E-state index contributed by atoms with van der Waals surface area (Å²) in [6.07, 6.45) is 2.42. The third-order valence-corrected chi connectivity index (χ3v) is 4.82. The summed E-state index contributed by atoms with van der Waals surface area (Å²) in [6, 6.07) is 6.57. The van der Waals surface area contributed by atoms with Crippen LogP contribution in [0.2, 0.25) is 5.02 Å². The van der Waals surface area contributed by atoms with Gasteiger partial charge in [-0.15, -0.1) is 10.2 Å². The molecule has 0 radical (unpaired) electrons. The van der Waals surface area contributed by atoms with Crippen LogP contribution in [0.1, 0.15) is 19.8 Å². The third-order valence-electron chi connectivity index (χ3n) is 3.66. The first-order valence-corrected chi connectivity index (χ1v) is 8.71. The first-order chi connectivity index (χ1) is 11.1. The van der Waals surface area contributed by atoms with Gasteiger partial charge >= 0.3 is 6.03 Å². The van der Waals surface area contributed by atoms with E-state index in [4.69, 9.17) is 11.6 Å². The topological polar surface area (TPSA) is 70.2 Å². The summed E-state index contributed by atoms with van der Waals surface area (Å²) in [7, 11) is 0. The van der Waals surface area contributed by atoms with Crippen LogP contribution in [0.3, 0.4) is 0 Å². The standard InChI is InChI=1S/C15H18ClN5OS/c1-10-3-2-8-21(9-10)15-20-19-14(23-15)18-13(22)17-12-6-4-11(16)5-7-12/h4-7,10H,2-3,8-9H2,1H3,(H2,17,18,19,22)/t10-/m1/s1. The Balaban J connectivity index is 1.57. The van der Waals surface area contributed by atoms with Gasteiger partial charge in [-0.05, 0) is 43.0 Å². The Bertz CT molecular complexity index is 675. The molecule has 1 aliphatic rings. The predicted molar refractivity (Wildman–Crippen MR) is 94.6 cm³/mol. The molecule has 1 fully saturated rings. The number of benzene rings is 1. The van der Waals surface area contributed by atoms with Gasteiger partial charge in [-0.2, -0.15) is 0 Å². The lowest BCUT2D eigenvalue weighted by Gasteiger charge is -2.29. The normalized spacial score (nSPS) is 17.8. The first kappa shape index (κ1) is 16.0. The third kappa shape index (κ3) is 4.33. The Hall–Kier alpha value is -1.86. The summed E-state index contributed by atoms with van der Waals surface area (Å²) >= 11 is 7.21. The molecule has 23 heavy (non-hydrogen) atoms. The number of carbonyl (C=O) groups is 1. The molecular weight excluding hydrogens is 334 g/mol. The van der Waals surface area contributed by atoms with Crippen molar-refractivity contribution in [2.75, 3.05) is 28.6 Å². The maximum atomic E-state index is 12.0. The fourth-order valence-electron chi connectivity index (χ4n) is 2.55. The highest BCUT2D eigenvalue weighted by Gasteiger charge is 2.20. The van der Waals surface area contributed by atoms with Gasteiger partial charge in [0.05, 0.1) is 0 Å². The molecule has 3 rings (SSSR count). The Morgan fingerprint density at radius 3 is 2.83 bits per heavy atom. The van der Waals surface area contributed by atoms with Crippen LogP contribution < -0.4 is 15.5 Å². The number of hydrogen-bond acceptors (Lipinski definition) is 5. The Kier molecular flexibility index (Phi) is 4.97. The van der Waals surface area contributed by atoms with Gasteiger partial charge < -0.3 is 10.2 Å². The molecule has 8 heteroatoms. The van der Waals surface area contributed by atoms with Crippen LogP contribution in [0.15, 0.2) is 24.3 Å². The number of halogens is 1. The predicted octanol–water partition coefficient (Wildman–Crippen LogP) is 4.07. The molecule has 2 N–H and O–H groups in total. The number of anilines is 3. The molecule has 1 saturated heterocycles. The number of nitrogens with zero attached hydrogens (tertiary/aromatic N) is 3. The molecule has 0 unspecified atom stereocenters. The quantitative estimate of drug-likeness (QED) is 0.874. The molecule has 0 bridgehead atoms. The number of urea groups is 1. The molecular formula is C15H18ClN5OS. The molecule has 0 aliphatic carbocycles. The molecule has 1 atom stereocenters. The van der Waals surface area contributed by atoms with Crippen molar-refractivity contribution in [2.24, 2.45) is 5.92 Å². The van der Waals surface area contributed by atoms with Crippen LogP contribution in [-0.4, -0.2) is 29.3 Å². The lowest BCUT2D eigenvalue weighted by Crippen LogP contribution is -2.34. The summed E-state index contributed by atoms with van der Waals surface area (Å²) in [5.41, 5.74) is 0.668. The molecule has 1 aromatic heterocycles. The van der Waals surface area contributed by atoms with Crippen molar-refractivity contribution in [3.63, 3.8) is 0 Å². The maximum Gasteiger partial charge on any atom is 0.325 e. The van der Waals surface area contributed by atoms with Gasteiger partial charge in [-0.25, -0.2) is 4.79 Å². The number of piperidine rings is 1. The Labute approximate surface area is 143 Å². The molecule has 1 aromatic carbocycles. The smallest absolute Gasteiger partial charge is 0.325 e. The second-order valence-electron chi connectivity index (χ2n) is 5.67. The summed E-state index contributed by atoms with van der Waals surface area (Å²) in [5.74, 6) is 0.664. The molecule has 2 heterocycles. The van der Waals surface area contributed by atoms with Gasteiger partial charge in [0.15, 0.2) is 0 Å². The Morgan fingerprint density at radius 2 is 2.09 bits per heavy atom. The summed E-state index contributed by atoms with van der Waals surface area (Å²) in [4.78, 5) is 14.2. The van der Waals surface area contributed by atoms with Crippen LogP contribution in [-0.2, 0) is 0 Å². The van der Waals surface area contributed by atoms with E-state index in [2.05, 4.69) is 32.7 Å². The van der Waals surface area contributed by atoms with Crippen LogP contribution in [0.4, 0.5) is 20.7 Å². The van der Waals surface area contributed by atoms with Gasteiger partial charge in [0.1, 0.15) is 0 Å². The number of nitrogens with one attached hydrogen (secondary N) is 2. The number of rotatable bonds is 3. The number of aromatic nitrogens is 2. The largest absolute Gasteiger partial charge is 0.346 e. The lowest BCUT2D eigenvalue weighted by molar-refractivity contribution is 0.262. The SMILES string of the molecule is C[C@@H]1CCCN(c2nnc(NC(=O)Nc3ccc(Cl)cc3)s2)C1. The van der Waals surface area contributed by atoms with E-state index in [-0.39, 0.29) is 6.03 Å². The zero-order valence-corrected chi connectivity index (χ0v) is 14.3. The van der Waals surface area contributed by atoms with Crippen molar-refractivity contribution in [2.45, 2.75) is 19.8 Å². The van der Waals surface area contributed by atoms with E-state index < -0.39 is 0 Å². The average molecular weight is 352 g/mol. The second-order valence-corrected chi connectivity index (χ2v) is 7.06. The Morgan fingerprint density at radius 1 is 1.30 bits per heavy atom. The fourth-order valence-corrected chi connectivity index (χ4v) is 3.45. The van der Waals surface area contributed by atoms with Gasteiger partial charge in [0.2, 0.25) is 10.3 Å². The van der Waals surface area contributed by atoms with Gasteiger partial charge in [0.25, 0.3) is 0 Å². The van der Waals surface area contributed by atoms with Crippen molar-refractivity contribution < 1.29 is 4.79 Å².